The first-order valence-electron chi connectivity index (χ1n) is 13.8. The van der Waals surface area contributed by atoms with Gasteiger partial charge in [-0.3, -0.25) is 4.79 Å². The number of hydrogen-bond donors (Lipinski definition) is 2. The van der Waals surface area contributed by atoms with Gasteiger partial charge in [0, 0.05) is 12.1 Å². The highest BCUT2D eigenvalue weighted by molar-refractivity contribution is 7.89. The molecule has 3 aliphatic carbocycles. The minimum Gasteiger partial charge on any atom is -0.467 e. The van der Waals surface area contributed by atoms with Crippen molar-refractivity contribution in [3.05, 3.63) is 64.9 Å². The molecule has 2 aromatic carbocycles. The fourth-order valence-corrected chi connectivity index (χ4v) is 7.74. The molecule has 0 radical (unpaired) electrons. The Labute approximate surface area is 256 Å². The van der Waals surface area contributed by atoms with Gasteiger partial charge in [0.2, 0.25) is 15.9 Å². The number of carbonyl (C=O) groups excluding carboxylic acids is 3. The van der Waals surface area contributed by atoms with Crippen molar-refractivity contribution < 1.29 is 36.7 Å². The lowest BCUT2D eigenvalue weighted by atomic mass is 9.39. The quantitative estimate of drug-likeness (QED) is 0.365. The van der Waals surface area contributed by atoms with Crippen molar-refractivity contribution in [3.8, 4) is 0 Å². The summed E-state index contributed by atoms with van der Waals surface area (Å²) in [6, 6.07) is 10.8. The highest BCUT2D eigenvalue weighted by Gasteiger charge is 2.75. The van der Waals surface area contributed by atoms with E-state index in [9.17, 15) is 27.2 Å². The van der Waals surface area contributed by atoms with Gasteiger partial charge >= 0.3 is 12.1 Å². The van der Waals surface area contributed by atoms with Crippen LogP contribution >= 0.6 is 11.6 Å². The van der Waals surface area contributed by atoms with Crippen LogP contribution in [0.4, 0.5) is 9.18 Å². The van der Waals surface area contributed by atoms with Crippen LogP contribution < -0.4 is 10.6 Å². The van der Waals surface area contributed by atoms with E-state index in [0.29, 0.717) is 5.56 Å². The normalized spacial score (nSPS) is 22.1. The third kappa shape index (κ3) is 6.51. The zero-order valence-electron chi connectivity index (χ0n) is 25.0. The molecule has 3 aliphatic rings. The lowest BCUT2D eigenvalue weighted by Gasteiger charge is -2.72. The monoisotopic (exact) mass is 637 g/mol. The van der Waals surface area contributed by atoms with Crippen LogP contribution in [0.1, 0.15) is 59.4 Å². The molecule has 2 amide bonds. The van der Waals surface area contributed by atoms with Crippen LogP contribution in [0.25, 0.3) is 0 Å². The summed E-state index contributed by atoms with van der Waals surface area (Å²) in [4.78, 5) is 38.9. The predicted molar refractivity (Wildman–Crippen MR) is 157 cm³/mol. The molecule has 0 heterocycles. The summed E-state index contributed by atoms with van der Waals surface area (Å²) in [5.74, 6) is -1.90. The third-order valence-corrected chi connectivity index (χ3v) is 10.2. The van der Waals surface area contributed by atoms with Crippen molar-refractivity contribution in [2.24, 2.45) is 5.41 Å². The zero-order valence-corrected chi connectivity index (χ0v) is 26.6. The van der Waals surface area contributed by atoms with E-state index in [-0.39, 0.29) is 35.7 Å². The summed E-state index contributed by atoms with van der Waals surface area (Å²) >= 11 is 5.84. The minimum atomic E-state index is -4.04. The third-order valence-electron chi connectivity index (χ3n) is 7.91. The number of halogens is 2. The standard InChI is InChI=1S/C30H37ClFN3O7S/c1-27(2,3)42-26(38)34-28(4,5)23(24(36)41-6)33-25(37)29-16-30(17-29,18-29)35(15-19-12-13-21(31)22(32)14-19)43(39,40)20-10-8-7-9-11-20/h7-14,23H,15-18H2,1-6H3,(H,33,37)(H,34,38). The summed E-state index contributed by atoms with van der Waals surface area (Å²) in [7, 11) is -2.86. The average molecular weight is 638 g/mol. The number of hydrogen-bond acceptors (Lipinski definition) is 7. The first kappa shape index (κ1) is 32.7. The molecule has 2 N–H and O–H groups in total. The van der Waals surface area contributed by atoms with Crippen molar-refractivity contribution in [3.63, 3.8) is 0 Å². The SMILES string of the molecule is COC(=O)C(NC(=O)C12CC(N(Cc3ccc(Cl)c(F)c3)S(=O)(=O)c3ccccc3)(C1)C2)C(C)(C)NC(=O)OC(C)(C)C. The topological polar surface area (TPSA) is 131 Å². The number of methoxy groups -OCH3 is 1. The van der Waals surface area contributed by atoms with Gasteiger partial charge in [0.25, 0.3) is 0 Å². The highest BCUT2D eigenvalue weighted by Crippen LogP contribution is 2.71. The molecule has 13 heteroatoms. The van der Waals surface area contributed by atoms with Gasteiger partial charge in [-0.2, -0.15) is 4.31 Å². The molecule has 1 unspecified atom stereocenters. The Morgan fingerprint density at radius 1 is 1.05 bits per heavy atom. The number of sulfonamides is 1. The predicted octanol–water partition coefficient (Wildman–Crippen LogP) is 4.55. The highest BCUT2D eigenvalue weighted by atomic mass is 35.5. The number of alkyl carbamates (subject to hydrolysis) is 1. The van der Waals surface area contributed by atoms with Crippen LogP contribution in [0.15, 0.2) is 53.4 Å². The lowest BCUT2D eigenvalue weighted by molar-refractivity contribution is -0.203. The van der Waals surface area contributed by atoms with Crippen molar-refractivity contribution >= 4 is 39.6 Å². The number of ether oxygens (including phenoxy) is 2. The van der Waals surface area contributed by atoms with Crippen LogP contribution in [-0.2, 0) is 35.6 Å². The lowest BCUT2D eigenvalue weighted by Crippen LogP contribution is -2.79. The summed E-state index contributed by atoms with van der Waals surface area (Å²) in [6.07, 6.45) is -0.184. The van der Waals surface area contributed by atoms with E-state index in [1.807, 2.05) is 0 Å². The van der Waals surface area contributed by atoms with Gasteiger partial charge in [-0.05, 0) is 83.7 Å². The van der Waals surface area contributed by atoms with Crippen molar-refractivity contribution in [2.75, 3.05) is 7.11 Å². The molecular weight excluding hydrogens is 601 g/mol. The minimum absolute atomic E-state index is 0.0772. The van der Waals surface area contributed by atoms with Gasteiger partial charge in [-0.25, -0.2) is 22.4 Å². The molecule has 1 atom stereocenters. The van der Waals surface area contributed by atoms with Gasteiger partial charge in [0.15, 0.2) is 0 Å². The van der Waals surface area contributed by atoms with Crippen LogP contribution in [0.2, 0.25) is 5.02 Å². The van der Waals surface area contributed by atoms with E-state index < -0.39 is 61.9 Å². The molecule has 0 spiro atoms. The molecule has 0 saturated heterocycles. The van der Waals surface area contributed by atoms with Crippen molar-refractivity contribution in [1.29, 1.82) is 0 Å². The molecule has 3 fully saturated rings. The van der Waals surface area contributed by atoms with Gasteiger partial charge in [0.1, 0.15) is 17.5 Å². The fraction of sp³-hybridized carbons (Fsp3) is 0.500. The smallest absolute Gasteiger partial charge is 0.408 e. The summed E-state index contributed by atoms with van der Waals surface area (Å²) in [5.41, 5.74) is -3.48. The first-order valence-corrected chi connectivity index (χ1v) is 15.6. The van der Waals surface area contributed by atoms with Crippen LogP contribution in [0, 0.1) is 11.2 Å². The maximum absolute atomic E-state index is 14.3. The second-order valence-electron chi connectivity index (χ2n) is 12.9. The number of benzene rings is 2. The Kier molecular flexibility index (Phi) is 8.64. The number of amides is 2. The molecule has 10 nitrogen and oxygen atoms in total. The maximum atomic E-state index is 14.3. The Hall–Kier alpha value is -3.22. The maximum Gasteiger partial charge on any atom is 0.408 e. The molecule has 2 aromatic rings. The molecule has 3 saturated carbocycles. The molecule has 234 valence electrons. The molecular formula is C30H37ClFN3O7S. The van der Waals surface area contributed by atoms with Gasteiger partial charge in [-0.1, -0.05) is 35.9 Å². The number of rotatable bonds is 10. The van der Waals surface area contributed by atoms with Crippen LogP contribution in [0.3, 0.4) is 0 Å². The Balaban J connectivity index is 1.55. The fourth-order valence-electron chi connectivity index (χ4n) is 5.85. The Morgan fingerprint density at radius 3 is 2.19 bits per heavy atom. The second-order valence-corrected chi connectivity index (χ2v) is 15.2. The van der Waals surface area contributed by atoms with Crippen molar-refractivity contribution in [2.45, 2.75) is 88.0 Å². The molecule has 0 aromatic heterocycles. The van der Waals surface area contributed by atoms with E-state index in [4.69, 9.17) is 21.1 Å². The largest absolute Gasteiger partial charge is 0.467 e. The van der Waals surface area contributed by atoms with E-state index >= 15 is 0 Å². The zero-order chi connectivity index (χ0) is 32.0. The number of esters is 1. The first-order chi connectivity index (χ1) is 19.8. The Bertz CT molecular complexity index is 1510. The van der Waals surface area contributed by atoms with Crippen LogP contribution in [0.5, 0.6) is 0 Å². The van der Waals surface area contributed by atoms with Gasteiger partial charge < -0.3 is 20.1 Å². The molecule has 0 aliphatic heterocycles. The van der Waals surface area contributed by atoms with E-state index in [2.05, 4.69) is 10.6 Å². The van der Waals surface area contributed by atoms with Gasteiger partial charge in [0.05, 0.1) is 28.0 Å². The average Bonchev–Trinajstić information content (AvgIpc) is 2.85. The summed E-state index contributed by atoms with van der Waals surface area (Å²) in [6.45, 7) is 8.08. The number of nitrogens with zero attached hydrogens (tertiary/aromatic N) is 1. The number of nitrogens with one attached hydrogen (secondary N) is 2. The van der Waals surface area contributed by atoms with E-state index in [0.717, 1.165) is 0 Å². The molecule has 2 bridgehead atoms. The second kappa shape index (κ2) is 11.4. The summed E-state index contributed by atoms with van der Waals surface area (Å²) < 4.78 is 53.5. The van der Waals surface area contributed by atoms with Gasteiger partial charge in [-0.15, -0.1) is 0 Å². The van der Waals surface area contributed by atoms with E-state index in [1.54, 1.807) is 58.9 Å². The van der Waals surface area contributed by atoms with Crippen molar-refractivity contribution in [1.82, 2.24) is 14.9 Å². The van der Waals surface area contributed by atoms with Crippen LogP contribution in [-0.4, -0.2) is 60.5 Å². The molecule has 43 heavy (non-hydrogen) atoms. The van der Waals surface area contributed by atoms with E-state index in [1.165, 1.54) is 35.7 Å². The molecule has 5 rings (SSSR count). The summed E-state index contributed by atoms with van der Waals surface area (Å²) in [5, 5.41) is 5.28. The Morgan fingerprint density at radius 2 is 1.65 bits per heavy atom. The number of carbonyl (C=O) groups is 3.